The van der Waals surface area contributed by atoms with Gasteiger partial charge in [0.15, 0.2) is 0 Å². The van der Waals surface area contributed by atoms with Crippen LogP contribution in [0.15, 0.2) is 42.6 Å². The third-order valence-corrected chi connectivity index (χ3v) is 5.37. The number of pyridine rings is 1. The number of aromatic nitrogens is 1. The van der Waals surface area contributed by atoms with Crippen LogP contribution in [-0.4, -0.2) is 4.98 Å². The van der Waals surface area contributed by atoms with E-state index in [2.05, 4.69) is 48.0 Å². The molecule has 25 heavy (non-hydrogen) atoms. The fraction of sp³-hybridized carbons (Fsp3) is 0.435. The lowest BCUT2D eigenvalue weighted by molar-refractivity contribution is 0.384. The highest BCUT2D eigenvalue weighted by Crippen LogP contribution is 2.35. The van der Waals surface area contributed by atoms with Crippen molar-refractivity contribution in [3.8, 4) is 11.8 Å². The van der Waals surface area contributed by atoms with E-state index >= 15 is 0 Å². The lowest BCUT2D eigenvalue weighted by Crippen LogP contribution is -2.12. The number of hydrogen-bond acceptors (Lipinski definition) is 1. The first kappa shape index (κ1) is 18.0. The van der Waals surface area contributed by atoms with Gasteiger partial charge in [0, 0.05) is 17.7 Å². The highest BCUT2D eigenvalue weighted by atomic mass is 35.5. The Hall–Kier alpha value is -1.78. The number of hydrogen-bond donors (Lipinski definition) is 0. The van der Waals surface area contributed by atoms with Gasteiger partial charge in [-0.05, 0) is 67.7 Å². The minimum Gasteiger partial charge on any atom is -0.243 e. The summed E-state index contributed by atoms with van der Waals surface area (Å²) in [5, 5.41) is 0.520. The van der Waals surface area contributed by atoms with Crippen LogP contribution in [0.4, 0.5) is 0 Å². The minimum absolute atomic E-state index is 0.510. The van der Waals surface area contributed by atoms with Crippen LogP contribution < -0.4 is 0 Å². The van der Waals surface area contributed by atoms with Crippen LogP contribution in [0.5, 0.6) is 0 Å². The summed E-state index contributed by atoms with van der Waals surface area (Å²) in [6, 6.07) is 13.1. The quantitative estimate of drug-likeness (QED) is 0.458. The van der Waals surface area contributed by atoms with E-state index in [9.17, 15) is 0 Å². The molecule has 0 amide bonds. The topological polar surface area (TPSA) is 12.9 Å². The number of unbranched alkanes of at least 4 members (excludes halogenated alkanes) is 1. The second kappa shape index (κ2) is 9.07. The SMILES string of the molecule is CCCCc1ccc(C2CCC(C#Cc3ccc(Cl)nc3)CC2)cc1. The third kappa shape index (κ3) is 5.35. The van der Waals surface area contributed by atoms with Crippen LogP contribution in [0.1, 0.15) is 68.1 Å². The van der Waals surface area contributed by atoms with Gasteiger partial charge in [0.1, 0.15) is 5.15 Å². The molecule has 1 aromatic carbocycles. The number of halogens is 1. The molecule has 0 saturated heterocycles. The van der Waals surface area contributed by atoms with E-state index in [1.54, 1.807) is 12.3 Å². The molecule has 1 aliphatic rings. The van der Waals surface area contributed by atoms with Crippen LogP contribution in [0.3, 0.4) is 0 Å². The first-order chi connectivity index (χ1) is 12.2. The Morgan fingerprint density at radius 3 is 2.44 bits per heavy atom. The maximum atomic E-state index is 5.81. The van der Waals surface area contributed by atoms with Crippen molar-refractivity contribution in [3.05, 3.63) is 64.4 Å². The summed E-state index contributed by atoms with van der Waals surface area (Å²) in [7, 11) is 0. The second-order valence-electron chi connectivity index (χ2n) is 7.03. The lowest BCUT2D eigenvalue weighted by Gasteiger charge is -2.26. The van der Waals surface area contributed by atoms with Crippen molar-refractivity contribution in [2.24, 2.45) is 5.92 Å². The van der Waals surface area contributed by atoms with E-state index < -0.39 is 0 Å². The zero-order valence-corrected chi connectivity index (χ0v) is 15.7. The van der Waals surface area contributed by atoms with Crippen LogP contribution in [0.25, 0.3) is 0 Å². The Morgan fingerprint density at radius 1 is 1.04 bits per heavy atom. The summed E-state index contributed by atoms with van der Waals surface area (Å²) < 4.78 is 0. The second-order valence-corrected chi connectivity index (χ2v) is 7.42. The zero-order valence-electron chi connectivity index (χ0n) is 15.0. The molecule has 1 nitrogen and oxygen atoms in total. The number of rotatable bonds is 4. The molecule has 0 N–H and O–H groups in total. The smallest absolute Gasteiger partial charge is 0.129 e. The van der Waals surface area contributed by atoms with Gasteiger partial charge < -0.3 is 0 Å². The summed E-state index contributed by atoms with van der Waals surface area (Å²) in [6.07, 6.45) is 10.4. The molecule has 1 heterocycles. The molecule has 2 aromatic rings. The predicted octanol–water partition coefficient (Wildman–Crippen LogP) is 6.40. The Bertz CT molecular complexity index is 713. The molecule has 0 unspecified atom stereocenters. The van der Waals surface area contributed by atoms with Gasteiger partial charge in [-0.2, -0.15) is 0 Å². The Labute approximate surface area is 156 Å². The fourth-order valence-electron chi connectivity index (χ4n) is 3.54. The standard InChI is InChI=1S/C23H26ClN/c1-2-3-4-18-7-12-21(13-8-18)22-14-9-19(10-15-22)5-6-20-11-16-23(24)25-17-20/h7-8,11-13,16-17,19,22H,2-4,9-10,14-15H2,1H3. The molecule has 0 radical (unpaired) electrons. The molecular formula is C23H26ClN. The number of benzene rings is 1. The van der Waals surface area contributed by atoms with Crippen LogP contribution >= 0.6 is 11.6 Å². The molecular weight excluding hydrogens is 326 g/mol. The third-order valence-electron chi connectivity index (χ3n) is 5.15. The summed E-state index contributed by atoms with van der Waals surface area (Å²) in [4.78, 5) is 4.08. The lowest BCUT2D eigenvalue weighted by atomic mass is 9.79. The van der Waals surface area contributed by atoms with Gasteiger partial charge in [0.2, 0.25) is 0 Å². The molecule has 2 heteroatoms. The van der Waals surface area contributed by atoms with Gasteiger partial charge in [-0.3, -0.25) is 0 Å². The molecule has 3 rings (SSSR count). The Morgan fingerprint density at radius 2 is 1.80 bits per heavy atom. The van der Waals surface area contributed by atoms with Gasteiger partial charge in [-0.1, -0.05) is 61.1 Å². The largest absolute Gasteiger partial charge is 0.243 e. The normalized spacial score (nSPS) is 19.9. The van der Waals surface area contributed by atoms with Crippen LogP contribution in [0.2, 0.25) is 5.15 Å². The Balaban J connectivity index is 1.52. The fourth-order valence-corrected chi connectivity index (χ4v) is 3.66. The molecule has 1 saturated carbocycles. The van der Waals surface area contributed by atoms with E-state index in [1.807, 2.05) is 6.07 Å². The maximum Gasteiger partial charge on any atom is 0.129 e. The predicted molar refractivity (Wildman–Crippen MR) is 106 cm³/mol. The molecule has 0 spiro atoms. The van der Waals surface area contributed by atoms with Crippen molar-refractivity contribution >= 4 is 11.6 Å². The Kier molecular flexibility index (Phi) is 6.54. The summed E-state index contributed by atoms with van der Waals surface area (Å²) in [5.74, 6) is 7.89. The van der Waals surface area contributed by atoms with Crippen LogP contribution in [-0.2, 0) is 6.42 Å². The van der Waals surface area contributed by atoms with Crippen LogP contribution in [0, 0.1) is 17.8 Å². The average molecular weight is 352 g/mol. The van der Waals surface area contributed by atoms with E-state index in [4.69, 9.17) is 11.6 Å². The van der Waals surface area contributed by atoms with Crippen molar-refractivity contribution in [2.75, 3.05) is 0 Å². The first-order valence-electron chi connectivity index (χ1n) is 9.46. The first-order valence-corrected chi connectivity index (χ1v) is 9.84. The van der Waals surface area contributed by atoms with Crippen molar-refractivity contribution in [2.45, 2.75) is 57.8 Å². The van der Waals surface area contributed by atoms with E-state index in [0.29, 0.717) is 17.0 Å². The molecule has 130 valence electrons. The highest BCUT2D eigenvalue weighted by Gasteiger charge is 2.21. The van der Waals surface area contributed by atoms with Crippen molar-refractivity contribution in [1.82, 2.24) is 4.98 Å². The number of nitrogens with zero attached hydrogens (tertiary/aromatic N) is 1. The van der Waals surface area contributed by atoms with Gasteiger partial charge in [0.25, 0.3) is 0 Å². The summed E-state index contributed by atoms with van der Waals surface area (Å²) in [6.45, 7) is 2.25. The van der Waals surface area contributed by atoms with Crippen molar-refractivity contribution in [1.29, 1.82) is 0 Å². The molecule has 1 aliphatic carbocycles. The maximum absolute atomic E-state index is 5.81. The van der Waals surface area contributed by atoms with Gasteiger partial charge >= 0.3 is 0 Å². The monoisotopic (exact) mass is 351 g/mol. The minimum atomic E-state index is 0.510. The molecule has 0 aliphatic heterocycles. The van der Waals surface area contributed by atoms with Crippen molar-refractivity contribution in [3.63, 3.8) is 0 Å². The number of aryl methyl sites for hydroxylation is 1. The molecule has 1 aromatic heterocycles. The van der Waals surface area contributed by atoms with E-state index in [1.165, 1.54) is 56.1 Å². The summed E-state index contributed by atoms with van der Waals surface area (Å²) >= 11 is 5.81. The van der Waals surface area contributed by atoms with Gasteiger partial charge in [-0.15, -0.1) is 0 Å². The van der Waals surface area contributed by atoms with Gasteiger partial charge in [0.05, 0.1) is 0 Å². The summed E-state index contributed by atoms with van der Waals surface area (Å²) in [5.41, 5.74) is 3.93. The van der Waals surface area contributed by atoms with Gasteiger partial charge in [-0.25, -0.2) is 4.98 Å². The van der Waals surface area contributed by atoms with E-state index in [-0.39, 0.29) is 0 Å². The molecule has 0 atom stereocenters. The zero-order chi connectivity index (χ0) is 17.5. The molecule has 0 bridgehead atoms. The average Bonchev–Trinajstić information content (AvgIpc) is 2.67. The van der Waals surface area contributed by atoms with E-state index in [0.717, 1.165) is 5.56 Å². The van der Waals surface area contributed by atoms with Crippen molar-refractivity contribution < 1.29 is 0 Å². The highest BCUT2D eigenvalue weighted by molar-refractivity contribution is 6.29. The molecule has 1 fully saturated rings.